The number of rotatable bonds is 6. The molecule has 0 saturated carbocycles. The third-order valence-electron chi connectivity index (χ3n) is 3.94. The molecule has 0 atom stereocenters. The van der Waals surface area contributed by atoms with Gasteiger partial charge in [-0.05, 0) is 42.3 Å². The Balaban J connectivity index is 1.78. The Bertz CT molecular complexity index is 950. The van der Waals surface area contributed by atoms with E-state index in [1.165, 1.54) is 6.20 Å². The second-order valence-electron chi connectivity index (χ2n) is 6.20. The summed E-state index contributed by atoms with van der Waals surface area (Å²) in [6.45, 7) is 3.55. The standard InChI is InChI=1S/C20H18ClN3O3/c1-13(2)19-16(11-23-24(19)18-5-3-4-10-22-18)20(26)27-12-17(25)14-6-8-15(21)9-7-14/h3-11,13H,12H2,1-2H3. The molecule has 2 heterocycles. The van der Waals surface area contributed by atoms with Crippen LogP contribution >= 0.6 is 11.6 Å². The van der Waals surface area contributed by atoms with E-state index >= 15 is 0 Å². The van der Waals surface area contributed by atoms with Gasteiger partial charge in [-0.1, -0.05) is 31.5 Å². The van der Waals surface area contributed by atoms with Crippen LogP contribution in [0.2, 0.25) is 5.02 Å². The Labute approximate surface area is 161 Å². The molecule has 0 radical (unpaired) electrons. The summed E-state index contributed by atoms with van der Waals surface area (Å²) in [6.07, 6.45) is 3.10. The smallest absolute Gasteiger partial charge is 0.342 e. The molecule has 0 aliphatic rings. The zero-order valence-electron chi connectivity index (χ0n) is 14.9. The SMILES string of the molecule is CC(C)c1c(C(=O)OCC(=O)c2ccc(Cl)cc2)cnn1-c1ccccn1. The van der Waals surface area contributed by atoms with Crippen LogP contribution in [0.5, 0.6) is 0 Å². The molecule has 0 amide bonds. The molecule has 0 fully saturated rings. The third-order valence-corrected chi connectivity index (χ3v) is 4.19. The van der Waals surface area contributed by atoms with E-state index in [1.54, 1.807) is 47.3 Å². The Morgan fingerprint density at radius 1 is 1.15 bits per heavy atom. The largest absolute Gasteiger partial charge is 0.454 e. The number of benzene rings is 1. The molecule has 6 nitrogen and oxygen atoms in total. The van der Waals surface area contributed by atoms with Crippen LogP contribution < -0.4 is 0 Å². The van der Waals surface area contributed by atoms with E-state index in [1.807, 2.05) is 19.9 Å². The van der Waals surface area contributed by atoms with E-state index in [0.29, 0.717) is 27.7 Å². The molecular weight excluding hydrogens is 366 g/mol. The van der Waals surface area contributed by atoms with Crippen LogP contribution in [0, 0.1) is 0 Å². The maximum Gasteiger partial charge on any atom is 0.342 e. The third kappa shape index (κ3) is 4.23. The molecule has 2 aromatic heterocycles. The number of pyridine rings is 1. The van der Waals surface area contributed by atoms with Crippen molar-refractivity contribution < 1.29 is 14.3 Å². The predicted octanol–water partition coefficient (Wildman–Crippen LogP) is 4.08. The Kier molecular flexibility index (Phi) is 5.66. The molecule has 0 aliphatic carbocycles. The second-order valence-corrected chi connectivity index (χ2v) is 6.64. The Hall–Kier alpha value is -2.99. The van der Waals surface area contributed by atoms with Crippen molar-refractivity contribution in [3.8, 4) is 5.82 Å². The minimum Gasteiger partial charge on any atom is -0.454 e. The fraction of sp³-hybridized carbons (Fsp3) is 0.200. The van der Waals surface area contributed by atoms with E-state index < -0.39 is 5.97 Å². The zero-order chi connectivity index (χ0) is 19.4. The fourth-order valence-electron chi connectivity index (χ4n) is 2.66. The van der Waals surface area contributed by atoms with Crippen LogP contribution in [0.3, 0.4) is 0 Å². The van der Waals surface area contributed by atoms with Crippen molar-refractivity contribution in [2.75, 3.05) is 6.61 Å². The molecule has 3 rings (SSSR count). The molecular formula is C20H18ClN3O3. The molecule has 0 unspecified atom stereocenters. The summed E-state index contributed by atoms with van der Waals surface area (Å²) in [5.74, 6) is -0.284. The van der Waals surface area contributed by atoms with Gasteiger partial charge in [0, 0.05) is 16.8 Å². The zero-order valence-corrected chi connectivity index (χ0v) is 15.7. The summed E-state index contributed by atoms with van der Waals surface area (Å²) in [5.41, 5.74) is 1.43. The highest BCUT2D eigenvalue weighted by atomic mass is 35.5. The first-order valence-corrected chi connectivity index (χ1v) is 8.80. The van der Waals surface area contributed by atoms with E-state index in [0.717, 1.165) is 0 Å². The number of aromatic nitrogens is 3. The van der Waals surface area contributed by atoms with Crippen LogP contribution in [0.15, 0.2) is 54.9 Å². The Morgan fingerprint density at radius 2 is 1.89 bits per heavy atom. The highest BCUT2D eigenvalue weighted by Gasteiger charge is 2.23. The summed E-state index contributed by atoms with van der Waals surface area (Å²) in [4.78, 5) is 29.0. The highest BCUT2D eigenvalue weighted by molar-refractivity contribution is 6.30. The summed E-state index contributed by atoms with van der Waals surface area (Å²) in [5, 5.41) is 4.81. The maximum atomic E-state index is 12.5. The topological polar surface area (TPSA) is 74.1 Å². The van der Waals surface area contributed by atoms with Gasteiger partial charge in [0.25, 0.3) is 0 Å². The lowest BCUT2D eigenvalue weighted by Crippen LogP contribution is -2.16. The van der Waals surface area contributed by atoms with Gasteiger partial charge in [-0.2, -0.15) is 5.10 Å². The number of hydrogen-bond acceptors (Lipinski definition) is 5. The quantitative estimate of drug-likeness (QED) is 0.473. The van der Waals surface area contributed by atoms with Crippen molar-refractivity contribution in [2.45, 2.75) is 19.8 Å². The monoisotopic (exact) mass is 383 g/mol. The first kappa shape index (κ1) is 18.8. The predicted molar refractivity (Wildman–Crippen MR) is 102 cm³/mol. The van der Waals surface area contributed by atoms with Gasteiger partial charge in [-0.3, -0.25) is 4.79 Å². The van der Waals surface area contributed by atoms with E-state index in [4.69, 9.17) is 16.3 Å². The number of halogens is 1. The number of nitrogens with zero attached hydrogens (tertiary/aromatic N) is 3. The van der Waals surface area contributed by atoms with Crippen LogP contribution in [-0.4, -0.2) is 33.1 Å². The van der Waals surface area contributed by atoms with Crippen LogP contribution in [0.25, 0.3) is 5.82 Å². The van der Waals surface area contributed by atoms with Gasteiger partial charge in [0.1, 0.15) is 5.56 Å². The summed E-state index contributed by atoms with van der Waals surface area (Å²) >= 11 is 5.81. The first-order valence-electron chi connectivity index (χ1n) is 8.42. The number of esters is 1. The number of hydrogen-bond donors (Lipinski definition) is 0. The van der Waals surface area contributed by atoms with Gasteiger partial charge in [0.05, 0.1) is 11.9 Å². The first-order chi connectivity index (χ1) is 13.0. The molecule has 0 saturated heterocycles. The molecule has 0 bridgehead atoms. The van der Waals surface area contributed by atoms with Crippen molar-refractivity contribution in [2.24, 2.45) is 0 Å². The van der Waals surface area contributed by atoms with Crippen molar-refractivity contribution in [1.82, 2.24) is 14.8 Å². The summed E-state index contributed by atoms with van der Waals surface area (Å²) < 4.78 is 6.83. The van der Waals surface area contributed by atoms with E-state index in [-0.39, 0.29) is 18.3 Å². The molecule has 27 heavy (non-hydrogen) atoms. The molecule has 0 N–H and O–H groups in total. The van der Waals surface area contributed by atoms with Crippen LogP contribution in [0.4, 0.5) is 0 Å². The fourth-order valence-corrected chi connectivity index (χ4v) is 2.79. The van der Waals surface area contributed by atoms with Crippen molar-refractivity contribution in [3.63, 3.8) is 0 Å². The van der Waals surface area contributed by atoms with Gasteiger partial charge in [-0.15, -0.1) is 0 Å². The van der Waals surface area contributed by atoms with Gasteiger partial charge in [0.15, 0.2) is 18.2 Å². The van der Waals surface area contributed by atoms with Gasteiger partial charge >= 0.3 is 5.97 Å². The molecule has 0 spiro atoms. The summed E-state index contributed by atoms with van der Waals surface area (Å²) in [7, 11) is 0. The molecule has 7 heteroatoms. The van der Waals surface area contributed by atoms with Crippen LogP contribution in [-0.2, 0) is 4.74 Å². The minimum absolute atomic E-state index is 0.00372. The average molecular weight is 384 g/mol. The molecule has 0 aliphatic heterocycles. The normalized spacial score (nSPS) is 10.8. The number of carbonyl (C=O) groups is 2. The molecule has 138 valence electrons. The Morgan fingerprint density at radius 3 is 2.52 bits per heavy atom. The van der Waals surface area contributed by atoms with Gasteiger partial charge in [-0.25, -0.2) is 14.5 Å². The molecule has 3 aromatic rings. The minimum atomic E-state index is -0.594. The van der Waals surface area contributed by atoms with E-state index in [2.05, 4.69) is 10.1 Å². The number of carbonyl (C=O) groups excluding carboxylic acids is 2. The lowest BCUT2D eigenvalue weighted by molar-refractivity contribution is 0.0473. The number of ether oxygens (including phenoxy) is 1. The lowest BCUT2D eigenvalue weighted by Gasteiger charge is -2.11. The average Bonchev–Trinajstić information content (AvgIpc) is 3.12. The van der Waals surface area contributed by atoms with Gasteiger partial charge < -0.3 is 4.74 Å². The lowest BCUT2D eigenvalue weighted by atomic mass is 10.1. The van der Waals surface area contributed by atoms with Crippen molar-refractivity contribution >= 4 is 23.4 Å². The number of ketones is 1. The number of Topliss-reactive ketones (excluding diaryl/α,β-unsaturated/α-hetero) is 1. The van der Waals surface area contributed by atoms with Crippen molar-refractivity contribution in [1.29, 1.82) is 0 Å². The van der Waals surface area contributed by atoms with Gasteiger partial charge in [0.2, 0.25) is 0 Å². The maximum absolute atomic E-state index is 12.5. The van der Waals surface area contributed by atoms with Crippen molar-refractivity contribution in [3.05, 3.63) is 76.7 Å². The summed E-state index contributed by atoms with van der Waals surface area (Å²) in [6, 6.07) is 11.9. The highest BCUT2D eigenvalue weighted by Crippen LogP contribution is 2.23. The molecule has 1 aromatic carbocycles. The van der Waals surface area contributed by atoms with Crippen LogP contribution in [0.1, 0.15) is 46.2 Å². The second kappa shape index (κ2) is 8.14. The van der Waals surface area contributed by atoms with E-state index in [9.17, 15) is 9.59 Å².